The molecule has 2 aromatic carbocycles. The zero-order valence-electron chi connectivity index (χ0n) is 10.3. The van der Waals surface area contributed by atoms with Crippen LogP contribution < -0.4 is 14.2 Å². The van der Waals surface area contributed by atoms with Gasteiger partial charge in [0, 0.05) is 29.7 Å². The average molecular weight is 241 g/mol. The summed E-state index contributed by atoms with van der Waals surface area (Å²) >= 11 is 0. The van der Waals surface area contributed by atoms with Crippen molar-refractivity contribution in [2.24, 2.45) is 0 Å². The van der Waals surface area contributed by atoms with Gasteiger partial charge in [0.2, 0.25) is 0 Å². The molecular formula is C15H13O3. The molecule has 0 fully saturated rings. The molecule has 0 saturated carbocycles. The van der Waals surface area contributed by atoms with E-state index in [4.69, 9.17) is 14.2 Å². The number of hydrogen-bond acceptors (Lipinski definition) is 3. The molecule has 91 valence electrons. The van der Waals surface area contributed by atoms with E-state index in [2.05, 4.69) is 6.42 Å². The Balaban J connectivity index is 2.01. The Bertz CT molecular complexity index is 539. The lowest BCUT2D eigenvalue weighted by molar-refractivity contribution is 0.401. The predicted octanol–water partition coefficient (Wildman–Crippen LogP) is 3.41. The van der Waals surface area contributed by atoms with Crippen LogP contribution in [0.2, 0.25) is 0 Å². The molecule has 1 heterocycles. The number of hydrogen-bond donors (Lipinski definition) is 0. The van der Waals surface area contributed by atoms with E-state index >= 15 is 0 Å². The standard InChI is InChI=1S/C15H13O3/c1-16-12-5-3-10-7-11-4-6-13(17-2)9-15(11)18-14(10)8-12/h3-9H,1-2H3. The van der Waals surface area contributed by atoms with Crippen LogP contribution in [-0.4, -0.2) is 14.2 Å². The molecule has 0 aromatic heterocycles. The fraction of sp³-hybridized carbons (Fsp3) is 0.133. The molecule has 0 saturated heterocycles. The third-order valence-electron chi connectivity index (χ3n) is 2.97. The van der Waals surface area contributed by atoms with Crippen molar-refractivity contribution in [3.63, 3.8) is 0 Å². The largest absolute Gasteiger partial charge is 0.497 e. The summed E-state index contributed by atoms with van der Waals surface area (Å²) in [6.45, 7) is 0. The summed E-state index contributed by atoms with van der Waals surface area (Å²) in [4.78, 5) is 0. The van der Waals surface area contributed by atoms with E-state index in [0.717, 1.165) is 34.1 Å². The second-order valence-corrected chi connectivity index (χ2v) is 4.05. The number of fused-ring (bicyclic) bond motifs is 2. The highest BCUT2D eigenvalue weighted by Crippen LogP contribution is 2.40. The monoisotopic (exact) mass is 241 g/mol. The van der Waals surface area contributed by atoms with E-state index in [9.17, 15) is 0 Å². The highest BCUT2D eigenvalue weighted by molar-refractivity contribution is 5.59. The molecule has 0 amide bonds. The summed E-state index contributed by atoms with van der Waals surface area (Å²) in [7, 11) is 3.29. The van der Waals surface area contributed by atoms with Gasteiger partial charge in [0.1, 0.15) is 23.0 Å². The fourth-order valence-corrected chi connectivity index (χ4v) is 1.98. The highest BCUT2D eigenvalue weighted by Gasteiger charge is 2.18. The minimum absolute atomic E-state index is 0.786. The fourth-order valence-electron chi connectivity index (χ4n) is 1.98. The number of benzene rings is 2. The van der Waals surface area contributed by atoms with Crippen molar-refractivity contribution in [1.82, 2.24) is 0 Å². The molecule has 0 bridgehead atoms. The van der Waals surface area contributed by atoms with Gasteiger partial charge in [-0.2, -0.15) is 0 Å². The maximum absolute atomic E-state index is 5.87. The van der Waals surface area contributed by atoms with Gasteiger partial charge in [-0.1, -0.05) is 12.1 Å². The van der Waals surface area contributed by atoms with Crippen molar-refractivity contribution in [2.75, 3.05) is 14.2 Å². The lowest BCUT2D eigenvalue weighted by atomic mass is 10.00. The van der Waals surface area contributed by atoms with E-state index < -0.39 is 0 Å². The van der Waals surface area contributed by atoms with Crippen LogP contribution in [0.1, 0.15) is 11.1 Å². The van der Waals surface area contributed by atoms with Crippen molar-refractivity contribution >= 4 is 0 Å². The first-order valence-corrected chi connectivity index (χ1v) is 5.69. The molecule has 3 rings (SSSR count). The Morgan fingerprint density at radius 3 is 1.72 bits per heavy atom. The zero-order valence-corrected chi connectivity index (χ0v) is 10.3. The van der Waals surface area contributed by atoms with Crippen LogP contribution in [-0.2, 0) is 0 Å². The van der Waals surface area contributed by atoms with Crippen LogP contribution in [0, 0.1) is 6.42 Å². The van der Waals surface area contributed by atoms with Crippen molar-refractivity contribution in [3.05, 3.63) is 53.9 Å². The molecule has 1 radical (unpaired) electrons. The molecule has 0 N–H and O–H groups in total. The highest BCUT2D eigenvalue weighted by atomic mass is 16.5. The third kappa shape index (κ3) is 1.78. The smallest absolute Gasteiger partial charge is 0.134 e. The van der Waals surface area contributed by atoms with E-state index in [1.54, 1.807) is 14.2 Å². The quantitative estimate of drug-likeness (QED) is 0.688. The van der Waals surface area contributed by atoms with Crippen LogP contribution in [0.4, 0.5) is 0 Å². The topological polar surface area (TPSA) is 27.7 Å². The van der Waals surface area contributed by atoms with Crippen molar-refractivity contribution in [3.8, 4) is 23.0 Å². The molecule has 1 aliphatic rings. The maximum Gasteiger partial charge on any atom is 0.134 e. The Morgan fingerprint density at radius 1 is 0.778 bits per heavy atom. The van der Waals surface area contributed by atoms with Crippen molar-refractivity contribution in [1.29, 1.82) is 0 Å². The van der Waals surface area contributed by atoms with E-state index in [-0.39, 0.29) is 0 Å². The molecule has 3 heteroatoms. The lowest BCUT2D eigenvalue weighted by Crippen LogP contribution is -2.01. The van der Waals surface area contributed by atoms with Gasteiger partial charge in [-0.25, -0.2) is 0 Å². The Labute approximate surface area is 106 Å². The van der Waals surface area contributed by atoms with Crippen LogP contribution in [0.5, 0.6) is 23.0 Å². The second-order valence-electron chi connectivity index (χ2n) is 4.05. The van der Waals surface area contributed by atoms with E-state index in [0.29, 0.717) is 0 Å². The van der Waals surface area contributed by atoms with Crippen LogP contribution >= 0.6 is 0 Å². The van der Waals surface area contributed by atoms with E-state index in [1.165, 1.54) is 0 Å². The molecular weight excluding hydrogens is 228 g/mol. The zero-order chi connectivity index (χ0) is 12.5. The Hall–Kier alpha value is -2.16. The predicted molar refractivity (Wildman–Crippen MR) is 68.6 cm³/mol. The second kappa shape index (κ2) is 4.26. The third-order valence-corrected chi connectivity index (χ3v) is 2.97. The average Bonchev–Trinajstić information content (AvgIpc) is 2.43. The normalized spacial score (nSPS) is 12.1. The summed E-state index contributed by atoms with van der Waals surface area (Å²) in [6.07, 6.45) is 2.09. The molecule has 1 aliphatic heterocycles. The first-order chi connectivity index (χ1) is 8.80. The maximum atomic E-state index is 5.87. The number of methoxy groups -OCH3 is 2. The molecule has 0 aliphatic carbocycles. The molecule has 3 nitrogen and oxygen atoms in total. The summed E-state index contributed by atoms with van der Waals surface area (Å²) in [5, 5.41) is 0. The van der Waals surface area contributed by atoms with Gasteiger partial charge in [0.25, 0.3) is 0 Å². The van der Waals surface area contributed by atoms with E-state index in [1.807, 2.05) is 36.4 Å². The summed E-state index contributed by atoms with van der Waals surface area (Å²) < 4.78 is 16.3. The Morgan fingerprint density at radius 2 is 1.28 bits per heavy atom. The summed E-state index contributed by atoms with van der Waals surface area (Å²) in [6, 6.07) is 11.6. The molecule has 0 spiro atoms. The summed E-state index contributed by atoms with van der Waals surface area (Å²) in [5.74, 6) is 3.17. The number of ether oxygens (including phenoxy) is 3. The number of rotatable bonds is 2. The molecule has 0 unspecified atom stereocenters. The van der Waals surface area contributed by atoms with Gasteiger partial charge >= 0.3 is 0 Å². The molecule has 18 heavy (non-hydrogen) atoms. The minimum Gasteiger partial charge on any atom is -0.497 e. The minimum atomic E-state index is 0.786. The van der Waals surface area contributed by atoms with Gasteiger partial charge in [0.15, 0.2) is 0 Å². The lowest BCUT2D eigenvalue weighted by Gasteiger charge is -2.20. The molecule has 0 atom stereocenters. The Kier molecular flexibility index (Phi) is 2.59. The first kappa shape index (κ1) is 11.0. The van der Waals surface area contributed by atoms with Gasteiger partial charge in [-0.3, -0.25) is 0 Å². The van der Waals surface area contributed by atoms with Crippen molar-refractivity contribution in [2.45, 2.75) is 0 Å². The van der Waals surface area contributed by atoms with Crippen LogP contribution in [0.25, 0.3) is 0 Å². The van der Waals surface area contributed by atoms with Crippen molar-refractivity contribution < 1.29 is 14.2 Å². The van der Waals surface area contributed by atoms with Gasteiger partial charge < -0.3 is 14.2 Å². The first-order valence-electron chi connectivity index (χ1n) is 5.69. The van der Waals surface area contributed by atoms with Gasteiger partial charge in [-0.15, -0.1) is 0 Å². The summed E-state index contributed by atoms with van der Waals surface area (Å²) in [5.41, 5.74) is 2.10. The van der Waals surface area contributed by atoms with Gasteiger partial charge in [0.05, 0.1) is 14.2 Å². The molecule has 2 aromatic rings. The van der Waals surface area contributed by atoms with Gasteiger partial charge in [-0.05, 0) is 12.1 Å². The SMILES string of the molecule is COc1ccc2c(c1)Oc1cc(OC)ccc1[CH]2. The van der Waals surface area contributed by atoms with Crippen LogP contribution in [0.15, 0.2) is 36.4 Å². The van der Waals surface area contributed by atoms with Crippen LogP contribution in [0.3, 0.4) is 0 Å².